The number of sulfonamides is 1. The number of nitrogens with zero attached hydrogens (tertiary/aromatic N) is 1. The SMILES string of the molecule is COCCCS(=O)(=O)Nc1ccc(C#N)c(C(F)(F)F)c1. The Hall–Kier alpha value is -1.79. The quantitative estimate of drug-likeness (QED) is 0.815. The predicted molar refractivity (Wildman–Crippen MR) is 70.1 cm³/mol. The highest BCUT2D eigenvalue weighted by Crippen LogP contribution is 2.33. The molecule has 0 aliphatic carbocycles. The molecule has 0 atom stereocenters. The van der Waals surface area contributed by atoms with Gasteiger partial charge < -0.3 is 4.74 Å². The van der Waals surface area contributed by atoms with Crippen LogP contribution in [0.4, 0.5) is 18.9 Å². The lowest BCUT2D eigenvalue weighted by atomic mass is 10.1. The summed E-state index contributed by atoms with van der Waals surface area (Å²) in [5.74, 6) is -0.276. The van der Waals surface area contributed by atoms with Crippen LogP contribution in [-0.2, 0) is 20.9 Å². The van der Waals surface area contributed by atoms with Crippen molar-refractivity contribution in [2.75, 3.05) is 24.2 Å². The van der Waals surface area contributed by atoms with E-state index in [0.29, 0.717) is 6.07 Å². The van der Waals surface area contributed by atoms with Gasteiger partial charge >= 0.3 is 6.18 Å². The molecule has 1 N–H and O–H groups in total. The first-order valence-electron chi connectivity index (χ1n) is 5.80. The molecule has 0 unspecified atom stereocenters. The van der Waals surface area contributed by atoms with Crippen molar-refractivity contribution in [1.82, 2.24) is 0 Å². The molecule has 9 heteroatoms. The van der Waals surface area contributed by atoms with E-state index in [4.69, 9.17) is 10.00 Å². The second-order valence-corrected chi connectivity index (χ2v) is 5.98. The van der Waals surface area contributed by atoms with E-state index in [1.807, 2.05) is 4.72 Å². The van der Waals surface area contributed by atoms with E-state index in [1.165, 1.54) is 13.2 Å². The number of nitrogens with one attached hydrogen (secondary N) is 1. The summed E-state index contributed by atoms with van der Waals surface area (Å²) in [7, 11) is -2.36. The molecule has 0 saturated heterocycles. The highest BCUT2D eigenvalue weighted by molar-refractivity contribution is 7.92. The molecule has 1 aromatic carbocycles. The number of hydrogen-bond acceptors (Lipinski definition) is 4. The van der Waals surface area contributed by atoms with E-state index in [9.17, 15) is 21.6 Å². The van der Waals surface area contributed by atoms with E-state index >= 15 is 0 Å². The van der Waals surface area contributed by atoms with E-state index in [2.05, 4.69) is 0 Å². The second kappa shape index (κ2) is 6.78. The Bertz CT molecular complexity index is 636. The topological polar surface area (TPSA) is 79.2 Å². The number of hydrogen-bond donors (Lipinski definition) is 1. The summed E-state index contributed by atoms with van der Waals surface area (Å²) in [6, 6.07) is 4.06. The Morgan fingerprint density at radius 2 is 2.05 bits per heavy atom. The highest BCUT2D eigenvalue weighted by Gasteiger charge is 2.34. The van der Waals surface area contributed by atoms with Crippen LogP contribution < -0.4 is 4.72 Å². The smallest absolute Gasteiger partial charge is 0.385 e. The molecule has 116 valence electrons. The summed E-state index contributed by atoms with van der Waals surface area (Å²) in [5.41, 5.74) is -1.98. The molecule has 5 nitrogen and oxygen atoms in total. The van der Waals surface area contributed by atoms with Gasteiger partial charge in [-0.1, -0.05) is 0 Å². The summed E-state index contributed by atoms with van der Waals surface area (Å²) in [4.78, 5) is 0. The maximum Gasteiger partial charge on any atom is 0.417 e. The minimum absolute atomic E-state index is 0.217. The molecule has 0 amide bonds. The third-order valence-corrected chi connectivity index (χ3v) is 3.85. The second-order valence-electron chi connectivity index (χ2n) is 4.14. The Balaban J connectivity index is 2.98. The average molecular weight is 322 g/mol. The van der Waals surface area contributed by atoms with Crippen molar-refractivity contribution in [1.29, 1.82) is 5.26 Å². The van der Waals surface area contributed by atoms with E-state index in [1.54, 1.807) is 0 Å². The van der Waals surface area contributed by atoms with Gasteiger partial charge in [-0.2, -0.15) is 18.4 Å². The molecule has 0 fully saturated rings. The zero-order valence-electron chi connectivity index (χ0n) is 11.1. The molecule has 1 rings (SSSR count). The minimum Gasteiger partial charge on any atom is -0.385 e. The van der Waals surface area contributed by atoms with Crippen molar-refractivity contribution in [3.63, 3.8) is 0 Å². The van der Waals surface area contributed by atoms with Gasteiger partial charge in [-0.05, 0) is 24.6 Å². The van der Waals surface area contributed by atoms with Crippen LogP contribution in [-0.4, -0.2) is 27.9 Å². The predicted octanol–water partition coefficient (Wildman–Crippen LogP) is 2.36. The largest absolute Gasteiger partial charge is 0.417 e. The van der Waals surface area contributed by atoms with Gasteiger partial charge in [0.15, 0.2) is 0 Å². The molecular weight excluding hydrogens is 309 g/mol. The number of methoxy groups -OCH3 is 1. The molecule has 0 aromatic heterocycles. The Morgan fingerprint density at radius 1 is 1.38 bits per heavy atom. The molecular formula is C12H13F3N2O3S. The number of nitriles is 1. The van der Waals surface area contributed by atoms with E-state index in [0.717, 1.165) is 12.1 Å². The standard InChI is InChI=1S/C12H13F3N2O3S/c1-20-5-2-6-21(18,19)17-10-4-3-9(8-16)11(7-10)12(13,14)15/h3-4,7,17H,2,5-6H2,1H3. The van der Waals surface area contributed by atoms with E-state index < -0.39 is 27.3 Å². The molecule has 21 heavy (non-hydrogen) atoms. The Kier molecular flexibility index (Phi) is 5.57. The van der Waals surface area contributed by atoms with Crippen molar-refractivity contribution >= 4 is 15.7 Å². The fraction of sp³-hybridized carbons (Fsp3) is 0.417. The minimum atomic E-state index is -4.73. The summed E-state index contributed by atoms with van der Waals surface area (Å²) in [6.45, 7) is 0.224. The number of alkyl halides is 3. The van der Waals surface area contributed by atoms with Crippen LogP contribution in [0.25, 0.3) is 0 Å². The number of anilines is 1. The monoisotopic (exact) mass is 322 g/mol. The number of rotatable bonds is 6. The Morgan fingerprint density at radius 3 is 2.57 bits per heavy atom. The zero-order valence-corrected chi connectivity index (χ0v) is 11.9. The van der Waals surface area contributed by atoms with Gasteiger partial charge in [0.2, 0.25) is 10.0 Å². The molecule has 0 spiro atoms. The summed E-state index contributed by atoms with van der Waals surface area (Å²) >= 11 is 0. The fourth-order valence-corrected chi connectivity index (χ4v) is 2.65. The van der Waals surface area contributed by atoms with Crippen LogP contribution >= 0.6 is 0 Å². The van der Waals surface area contributed by atoms with Gasteiger partial charge in [-0.25, -0.2) is 8.42 Å². The summed E-state index contributed by atoms with van der Waals surface area (Å²) in [5, 5.41) is 8.65. The third-order valence-electron chi connectivity index (χ3n) is 2.48. The van der Waals surface area contributed by atoms with Crippen molar-refractivity contribution in [3.8, 4) is 6.07 Å². The van der Waals surface area contributed by atoms with Crippen molar-refractivity contribution in [2.45, 2.75) is 12.6 Å². The van der Waals surface area contributed by atoms with Crippen LogP contribution in [0.3, 0.4) is 0 Å². The van der Waals surface area contributed by atoms with Crippen LogP contribution in [0, 0.1) is 11.3 Å². The van der Waals surface area contributed by atoms with Gasteiger partial charge in [0.1, 0.15) is 0 Å². The van der Waals surface area contributed by atoms with Crippen LogP contribution in [0.15, 0.2) is 18.2 Å². The highest BCUT2D eigenvalue weighted by atomic mass is 32.2. The van der Waals surface area contributed by atoms with Crippen molar-refractivity contribution < 1.29 is 26.3 Å². The van der Waals surface area contributed by atoms with Crippen molar-refractivity contribution in [3.05, 3.63) is 29.3 Å². The maximum absolute atomic E-state index is 12.8. The Labute approximate surface area is 120 Å². The lowest BCUT2D eigenvalue weighted by Crippen LogP contribution is -2.18. The lowest BCUT2D eigenvalue weighted by Gasteiger charge is -2.12. The third kappa shape index (κ3) is 5.24. The molecule has 0 radical (unpaired) electrons. The molecule has 1 aromatic rings. The summed E-state index contributed by atoms with van der Waals surface area (Å²) < 4.78 is 68.4. The van der Waals surface area contributed by atoms with E-state index in [-0.39, 0.29) is 24.5 Å². The van der Waals surface area contributed by atoms with Crippen LogP contribution in [0.2, 0.25) is 0 Å². The lowest BCUT2D eigenvalue weighted by molar-refractivity contribution is -0.137. The number of halogens is 3. The normalized spacial score (nSPS) is 12.0. The van der Waals surface area contributed by atoms with Gasteiger partial charge in [0.25, 0.3) is 0 Å². The molecule has 0 heterocycles. The first kappa shape index (κ1) is 17.3. The van der Waals surface area contributed by atoms with Gasteiger partial charge in [0.05, 0.1) is 22.9 Å². The first-order chi connectivity index (χ1) is 9.69. The van der Waals surface area contributed by atoms with Gasteiger partial charge in [-0.15, -0.1) is 0 Å². The summed E-state index contributed by atoms with van der Waals surface area (Å²) in [6.07, 6.45) is -4.52. The molecule has 0 aliphatic heterocycles. The fourth-order valence-electron chi connectivity index (χ4n) is 1.56. The number of benzene rings is 1. The van der Waals surface area contributed by atoms with Gasteiger partial charge in [-0.3, -0.25) is 4.72 Å². The van der Waals surface area contributed by atoms with Crippen LogP contribution in [0.1, 0.15) is 17.5 Å². The zero-order chi connectivity index (χ0) is 16.1. The average Bonchev–Trinajstić information content (AvgIpc) is 2.37. The van der Waals surface area contributed by atoms with Crippen LogP contribution in [0.5, 0.6) is 0 Å². The first-order valence-corrected chi connectivity index (χ1v) is 7.45. The maximum atomic E-state index is 12.8. The number of ether oxygens (including phenoxy) is 1. The van der Waals surface area contributed by atoms with Gasteiger partial charge in [0, 0.05) is 19.4 Å². The van der Waals surface area contributed by atoms with Crippen molar-refractivity contribution in [2.24, 2.45) is 0 Å². The molecule has 0 aliphatic rings. The molecule has 0 bridgehead atoms. The molecule has 0 saturated carbocycles.